The molecule has 0 saturated heterocycles. The molecule has 1 fully saturated rings. The summed E-state index contributed by atoms with van der Waals surface area (Å²) in [6.07, 6.45) is -1.63. The molecule has 1 aliphatic rings. The van der Waals surface area contributed by atoms with Gasteiger partial charge < -0.3 is 0 Å². The number of rotatable bonds is 2. The summed E-state index contributed by atoms with van der Waals surface area (Å²) in [4.78, 5) is 20.9. The molecule has 0 atom stereocenters. The molecule has 8 heteroatoms. The zero-order chi connectivity index (χ0) is 16.6. The van der Waals surface area contributed by atoms with Gasteiger partial charge in [0.25, 0.3) is 5.56 Å². The van der Waals surface area contributed by atoms with E-state index in [1.54, 1.807) is 18.5 Å². The maximum Gasteiger partial charge on any atom is 0.391 e. The molecule has 3 rings (SSSR count). The average Bonchev–Trinajstić information content (AvgIpc) is 2.99. The first kappa shape index (κ1) is 16.2. The molecule has 0 amide bonds. The third-order valence-electron chi connectivity index (χ3n) is 4.24. The van der Waals surface area contributed by atoms with Gasteiger partial charge in [0.2, 0.25) is 0 Å². The van der Waals surface area contributed by atoms with Gasteiger partial charge in [-0.25, -0.2) is 14.5 Å². The van der Waals surface area contributed by atoms with Gasteiger partial charge in [-0.2, -0.15) is 13.2 Å². The first-order valence-electron chi connectivity index (χ1n) is 7.43. The van der Waals surface area contributed by atoms with Crippen LogP contribution in [0.15, 0.2) is 22.4 Å². The minimum atomic E-state index is -4.14. The Morgan fingerprint density at radius 1 is 1.26 bits per heavy atom. The largest absolute Gasteiger partial charge is 0.391 e. The lowest BCUT2D eigenvalue weighted by Gasteiger charge is -2.30. The van der Waals surface area contributed by atoms with Crippen LogP contribution in [0.5, 0.6) is 0 Å². The predicted molar refractivity (Wildman–Crippen MR) is 81.0 cm³/mol. The van der Waals surface area contributed by atoms with Crippen LogP contribution < -0.4 is 5.56 Å². The average molecular weight is 343 g/mol. The molecule has 0 radical (unpaired) electrons. The summed E-state index contributed by atoms with van der Waals surface area (Å²) in [7, 11) is 0. The highest BCUT2D eigenvalue weighted by Gasteiger charge is 2.42. The van der Waals surface area contributed by atoms with Crippen molar-refractivity contribution in [2.24, 2.45) is 5.92 Å². The molecule has 1 aliphatic carbocycles. The molecule has 0 unspecified atom stereocenters. The summed E-state index contributed by atoms with van der Waals surface area (Å²) in [5.74, 6) is -0.862. The number of aromatic nitrogens is 3. The fraction of sp³-hybridized carbons (Fsp3) is 0.533. The zero-order valence-corrected chi connectivity index (χ0v) is 13.3. The van der Waals surface area contributed by atoms with E-state index < -0.39 is 12.1 Å². The normalized spacial score (nSPS) is 22.3. The molecular formula is C15H16F3N3OS. The van der Waals surface area contributed by atoms with E-state index >= 15 is 0 Å². The lowest BCUT2D eigenvalue weighted by molar-refractivity contribution is -0.182. The number of hydrogen-bond acceptors (Lipinski definition) is 4. The smallest absolute Gasteiger partial charge is 0.269 e. The highest BCUT2D eigenvalue weighted by molar-refractivity contribution is 7.12. The molecule has 2 aromatic heterocycles. The first-order chi connectivity index (χ1) is 10.9. The second-order valence-electron chi connectivity index (χ2n) is 5.83. The Labute approximate surface area is 135 Å². The fourth-order valence-electron chi connectivity index (χ4n) is 3.09. The number of halogens is 3. The lowest BCUT2D eigenvalue weighted by atomic mass is 9.81. The van der Waals surface area contributed by atoms with E-state index in [1.165, 1.54) is 22.0 Å². The van der Waals surface area contributed by atoms with Gasteiger partial charge in [-0.05, 0) is 32.6 Å². The van der Waals surface area contributed by atoms with Gasteiger partial charge >= 0.3 is 6.18 Å². The third kappa shape index (κ3) is 3.31. The van der Waals surface area contributed by atoms with Crippen molar-refractivity contribution in [1.82, 2.24) is 14.5 Å². The highest BCUT2D eigenvalue weighted by atomic mass is 32.1. The SMILES string of the molecule is Cc1cc(=O)n(-c2nccs2)c([C@H]2CC[C@@H](C(F)(F)F)CC2)n1. The maximum absolute atomic E-state index is 12.8. The summed E-state index contributed by atoms with van der Waals surface area (Å²) in [6, 6.07) is 1.42. The number of hydrogen-bond donors (Lipinski definition) is 0. The Hall–Kier alpha value is -1.70. The van der Waals surface area contributed by atoms with Crippen LogP contribution in [0.25, 0.3) is 5.13 Å². The molecule has 0 spiro atoms. The van der Waals surface area contributed by atoms with E-state index in [0.29, 0.717) is 29.5 Å². The van der Waals surface area contributed by atoms with Crippen LogP contribution in [0.4, 0.5) is 13.2 Å². The van der Waals surface area contributed by atoms with E-state index in [-0.39, 0.29) is 24.3 Å². The third-order valence-corrected chi connectivity index (χ3v) is 5.00. The topological polar surface area (TPSA) is 47.8 Å². The molecule has 0 bridgehead atoms. The lowest BCUT2D eigenvalue weighted by Crippen LogP contribution is -2.30. The Balaban J connectivity index is 1.93. The number of nitrogens with zero attached hydrogens (tertiary/aromatic N) is 3. The Kier molecular flexibility index (Phi) is 4.27. The van der Waals surface area contributed by atoms with Crippen LogP contribution in [0.1, 0.15) is 43.1 Å². The number of alkyl halides is 3. The summed E-state index contributed by atoms with van der Waals surface area (Å²) in [5.41, 5.74) is 0.344. The quantitative estimate of drug-likeness (QED) is 0.832. The van der Waals surface area contributed by atoms with Crippen molar-refractivity contribution in [2.45, 2.75) is 44.7 Å². The Morgan fingerprint density at radius 2 is 1.96 bits per heavy atom. The van der Waals surface area contributed by atoms with Crippen LogP contribution in [0.2, 0.25) is 0 Å². The predicted octanol–water partition coefficient (Wildman–Crippen LogP) is 3.83. The Bertz CT molecular complexity index is 731. The van der Waals surface area contributed by atoms with Crippen LogP contribution in [-0.2, 0) is 0 Å². The van der Waals surface area contributed by atoms with E-state index in [0.717, 1.165) is 0 Å². The van der Waals surface area contributed by atoms with Gasteiger partial charge in [-0.1, -0.05) is 0 Å². The highest BCUT2D eigenvalue weighted by Crippen LogP contribution is 2.42. The van der Waals surface area contributed by atoms with E-state index in [2.05, 4.69) is 9.97 Å². The fourth-order valence-corrected chi connectivity index (χ4v) is 3.74. The van der Waals surface area contributed by atoms with Gasteiger partial charge in [0.05, 0.1) is 5.92 Å². The molecule has 23 heavy (non-hydrogen) atoms. The first-order valence-corrected chi connectivity index (χ1v) is 8.31. The second kappa shape index (κ2) is 6.07. The monoisotopic (exact) mass is 343 g/mol. The van der Waals surface area contributed by atoms with Crippen LogP contribution >= 0.6 is 11.3 Å². The standard InChI is InChI=1S/C15H16F3N3OS/c1-9-8-12(22)21(14-19-6-7-23-14)13(20-9)10-2-4-11(5-3-10)15(16,17)18/h6-8,10-11H,2-5H2,1H3/t10-,11+. The van der Waals surface area contributed by atoms with Gasteiger partial charge in [0.15, 0.2) is 5.13 Å². The maximum atomic E-state index is 12.8. The van der Waals surface area contributed by atoms with Crippen LogP contribution in [-0.4, -0.2) is 20.7 Å². The summed E-state index contributed by atoms with van der Waals surface area (Å²) >= 11 is 1.31. The summed E-state index contributed by atoms with van der Waals surface area (Å²) in [6.45, 7) is 1.72. The molecule has 0 N–H and O–H groups in total. The molecule has 2 aromatic rings. The minimum absolute atomic E-state index is 0.0792. The van der Waals surface area contributed by atoms with Gasteiger partial charge in [-0.3, -0.25) is 4.79 Å². The van der Waals surface area contributed by atoms with Crippen LogP contribution in [0.3, 0.4) is 0 Å². The van der Waals surface area contributed by atoms with Crippen molar-refractivity contribution in [3.05, 3.63) is 39.5 Å². The van der Waals surface area contributed by atoms with Crippen molar-refractivity contribution >= 4 is 11.3 Å². The molecule has 2 heterocycles. The van der Waals surface area contributed by atoms with Crippen molar-refractivity contribution in [3.8, 4) is 5.13 Å². The van der Waals surface area contributed by atoms with Crippen molar-refractivity contribution < 1.29 is 13.2 Å². The molecule has 4 nitrogen and oxygen atoms in total. The molecule has 124 valence electrons. The molecular weight excluding hydrogens is 327 g/mol. The zero-order valence-electron chi connectivity index (χ0n) is 12.5. The van der Waals surface area contributed by atoms with Crippen molar-refractivity contribution in [3.63, 3.8) is 0 Å². The summed E-state index contributed by atoms with van der Waals surface area (Å²) < 4.78 is 39.9. The molecule has 1 saturated carbocycles. The van der Waals surface area contributed by atoms with E-state index in [1.807, 2.05) is 0 Å². The van der Waals surface area contributed by atoms with Gasteiger partial charge in [0, 0.05) is 29.3 Å². The second-order valence-corrected chi connectivity index (χ2v) is 6.71. The van der Waals surface area contributed by atoms with E-state index in [9.17, 15) is 18.0 Å². The Morgan fingerprint density at radius 3 is 2.52 bits per heavy atom. The van der Waals surface area contributed by atoms with Crippen LogP contribution in [0, 0.1) is 12.8 Å². The molecule has 0 aliphatic heterocycles. The number of thiazole rings is 1. The van der Waals surface area contributed by atoms with E-state index in [4.69, 9.17) is 0 Å². The van der Waals surface area contributed by atoms with Gasteiger partial charge in [-0.15, -0.1) is 11.3 Å². The van der Waals surface area contributed by atoms with Crippen molar-refractivity contribution in [2.75, 3.05) is 0 Å². The molecule has 0 aromatic carbocycles. The summed E-state index contributed by atoms with van der Waals surface area (Å²) in [5, 5.41) is 2.27. The van der Waals surface area contributed by atoms with Crippen molar-refractivity contribution in [1.29, 1.82) is 0 Å². The van der Waals surface area contributed by atoms with Gasteiger partial charge in [0.1, 0.15) is 5.82 Å². The number of aryl methyl sites for hydroxylation is 1. The minimum Gasteiger partial charge on any atom is -0.269 e.